The molecule has 0 aromatic carbocycles. The number of rotatable bonds is 2. The molecule has 0 aromatic rings. The molecule has 5 heteroatoms. The molecule has 0 heterocycles. The zero-order valence-electron chi connectivity index (χ0n) is 6.09. The minimum atomic E-state index is -0.829. The highest BCUT2D eigenvalue weighted by atomic mass is 16.8. The molecule has 0 saturated carbocycles. The summed E-state index contributed by atoms with van der Waals surface area (Å²) in [6.07, 6.45) is -0.194. The molecule has 0 rings (SSSR count). The zero-order valence-corrected chi connectivity index (χ0v) is 6.09. The standard InChI is InChI=1S/C5H11NO3.H2O/c1-3-4(2)8-5(7)9-6;/h4H,3,6H2,1-2H3;1H2. The van der Waals surface area contributed by atoms with Crippen molar-refractivity contribution in [2.45, 2.75) is 26.4 Å². The third kappa shape index (κ3) is 5.33. The fourth-order valence-electron chi connectivity index (χ4n) is 0.275. The molecule has 0 amide bonds. The highest BCUT2D eigenvalue weighted by Gasteiger charge is 2.05. The predicted molar refractivity (Wildman–Crippen MR) is 35.1 cm³/mol. The van der Waals surface area contributed by atoms with E-state index in [0.29, 0.717) is 0 Å². The van der Waals surface area contributed by atoms with Gasteiger partial charge in [0.1, 0.15) is 6.10 Å². The lowest BCUT2D eigenvalue weighted by Gasteiger charge is -2.07. The molecule has 1 unspecified atom stereocenters. The third-order valence-corrected chi connectivity index (χ3v) is 0.969. The van der Waals surface area contributed by atoms with Crippen molar-refractivity contribution < 1.29 is 19.8 Å². The van der Waals surface area contributed by atoms with Crippen LogP contribution in [0.4, 0.5) is 4.79 Å². The summed E-state index contributed by atoms with van der Waals surface area (Å²) < 4.78 is 4.56. The predicted octanol–water partition coefficient (Wildman–Crippen LogP) is -0.0129. The Hall–Kier alpha value is -0.810. The van der Waals surface area contributed by atoms with Crippen LogP contribution in [0.5, 0.6) is 0 Å². The van der Waals surface area contributed by atoms with Crippen LogP contribution in [-0.2, 0) is 9.57 Å². The Balaban J connectivity index is 0. The lowest BCUT2D eigenvalue weighted by Crippen LogP contribution is -2.17. The lowest BCUT2D eigenvalue weighted by molar-refractivity contribution is 0.0278. The average molecular weight is 151 g/mol. The molecule has 1 atom stereocenters. The number of hydrogen-bond donors (Lipinski definition) is 1. The number of nitrogens with two attached hydrogens (primary N) is 1. The molecule has 0 bridgehead atoms. The molecular weight excluding hydrogens is 138 g/mol. The minimum Gasteiger partial charge on any atom is -0.430 e. The van der Waals surface area contributed by atoms with Crippen molar-refractivity contribution in [3.63, 3.8) is 0 Å². The Morgan fingerprint density at radius 3 is 2.50 bits per heavy atom. The van der Waals surface area contributed by atoms with E-state index in [-0.39, 0.29) is 11.6 Å². The number of hydrogen-bond acceptors (Lipinski definition) is 4. The minimum absolute atomic E-state index is 0. The van der Waals surface area contributed by atoms with Gasteiger partial charge < -0.3 is 15.1 Å². The van der Waals surface area contributed by atoms with E-state index < -0.39 is 6.16 Å². The van der Waals surface area contributed by atoms with Crippen molar-refractivity contribution in [1.82, 2.24) is 0 Å². The quantitative estimate of drug-likeness (QED) is 0.443. The van der Waals surface area contributed by atoms with E-state index in [2.05, 4.69) is 15.5 Å². The number of ether oxygens (including phenoxy) is 1. The van der Waals surface area contributed by atoms with E-state index in [1.165, 1.54) is 0 Å². The summed E-state index contributed by atoms with van der Waals surface area (Å²) in [5.74, 6) is 4.50. The van der Waals surface area contributed by atoms with Crippen molar-refractivity contribution >= 4 is 6.16 Å². The van der Waals surface area contributed by atoms with Crippen LogP contribution >= 0.6 is 0 Å². The maximum absolute atomic E-state index is 10.2. The van der Waals surface area contributed by atoms with Gasteiger partial charge in [-0.3, -0.25) is 0 Å². The van der Waals surface area contributed by atoms with Crippen LogP contribution in [0.2, 0.25) is 0 Å². The first-order valence-corrected chi connectivity index (χ1v) is 2.78. The van der Waals surface area contributed by atoms with Gasteiger partial charge in [-0.15, -0.1) is 0 Å². The van der Waals surface area contributed by atoms with Crippen molar-refractivity contribution in [1.29, 1.82) is 0 Å². The Morgan fingerprint density at radius 1 is 1.70 bits per heavy atom. The van der Waals surface area contributed by atoms with E-state index in [4.69, 9.17) is 0 Å². The summed E-state index contributed by atoms with van der Waals surface area (Å²) in [6.45, 7) is 3.66. The molecule has 0 spiro atoms. The number of carbonyl (C=O) groups is 1. The van der Waals surface area contributed by atoms with Gasteiger partial charge in [-0.2, -0.15) is 5.90 Å². The van der Waals surface area contributed by atoms with Crippen LogP contribution in [0.25, 0.3) is 0 Å². The highest BCUT2D eigenvalue weighted by molar-refractivity contribution is 5.59. The van der Waals surface area contributed by atoms with Crippen LogP contribution < -0.4 is 5.90 Å². The van der Waals surface area contributed by atoms with Gasteiger partial charge in [0.15, 0.2) is 0 Å². The first-order chi connectivity index (χ1) is 4.20. The van der Waals surface area contributed by atoms with Crippen LogP contribution in [0.15, 0.2) is 0 Å². The van der Waals surface area contributed by atoms with Crippen LogP contribution in [0.3, 0.4) is 0 Å². The van der Waals surface area contributed by atoms with E-state index in [1.807, 2.05) is 6.92 Å². The van der Waals surface area contributed by atoms with Crippen molar-refractivity contribution in [2.75, 3.05) is 0 Å². The lowest BCUT2D eigenvalue weighted by atomic mass is 10.3. The summed E-state index contributed by atoms with van der Waals surface area (Å²) in [4.78, 5) is 14.0. The van der Waals surface area contributed by atoms with Gasteiger partial charge in [-0.05, 0) is 13.3 Å². The monoisotopic (exact) mass is 151 g/mol. The molecule has 0 aliphatic carbocycles. The van der Waals surface area contributed by atoms with Crippen LogP contribution in [-0.4, -0.2) is 17.7 Å². The van der Waals surface area contributed by atoms with Gasteiger partial charge in [0.05, 0.1) is 0 Å². The van der Waals surface area contributed by atoms with Crippen LogP contribution in [0, 0.1) is 0 Å². The third-order valence-electron chi connectivity index (χ3n) is 0.969. The number of carbonyl (C=O) groups excluding carboxylic acids is 1. The largest absolute Gasteiger partial charge is 0.527 e. The van der Waals surface area contributed by atoms with Gasteiger partial charge in [0.2, 0.25) is 0 Å². The van der Waals surface area contributed by atoms with E-state index in [9.17, 15) is 4.79 Å². The molecule has 4 N–H and O–H groups in total. The molecular formula is C5H13NO4. The second kappa shape index (κ2) is 6.31. The maximum Gasteiger partial charge on any atom is 0.527 e. The SMILES string of the molecule is CCC(C)OC(=O)ON.O. The summed E-state index contributed by atoms with van der Waals surface area (Å²) in [5.41, 5.74) is 0. The summed E-state index contributed by atoms with van der Waals surface area (Å²) >= 11 is 0. The molecule has 10 heavy (non-hydrogen) atoms. The maximum atomic E-state index is 10.2. The Morgan fingerprint density at radius 2 is 2.20 bits per heavy atom. The molecule has 5 nitrogen and oxygen atoms in total. The van der Waals surface area contributed by atoms with E-state index in [1.54, 1.807) is 6.92 Å². The molecule has 62 valence electrons. The normalized spacial score (nSPS) is 11.1. The smallest absolute Gasteiger partial charge is 0.430 e. The zero-order chi connectivity index (χ0) is 7.28. The Kier molecular flexibility index (Phi) is 7.53. The average Bonchev–Trinajstić information content (AvgIpc) is 1.87. The fourth-order valence-corrected chi connectivity index (χ4v) is 0.275. The molecule has 0 aromatic heterocycles. The van der Waals surface area contributed by atoms with Gasteiger partial charge in [0.25, 0.3) is 0 Å². The van der Waals surface area contributed by atoms with Crippen molar-refractivity contribution in [3.8, 4) is 0 Å². The van der Waals surface area contributed by atoms with Gasteiger partial charge >= 0.3 is 6.16 Å². The molecule has 0 aliphatic rings. The molecule has 0 radical (unpaired) electrons. The summed E-state index contributed by atoms with van der Waals surface area (Å²) in [6, 6.07) is 0. The van der Waals surface area contributed by atoms with E-state index in [0.717, 1.165) is 6.42 Å². The second-order valence-corrected chi connectivity index (χ2v) is 1.70. The van der Waals surface area contributed by atoms with Gasteiger partial charge in [0, 0.05) is 0 Å². The summed E-state index contributed by atoms with van der Waals surface area (Å²) in [5, 5.41) is 0. The van der Waals surface area contributed by atoms with Crippen LogP contribution in [0.1, 0.15) is 20.3 Å². The first kappa shape index (κ1) is 11.9. The van der Waals surface area contributed by atoms with Gasteiger partial charge in [-0.25, -0.2) is 4.79 Å². The highest BCUT2D eigenvalue weighted by Crippen LogP contribution is 1.95. The van der Waals surface area contributed by atoms with Gasteiger partial charge in [-0.1, -0.05) is 6.92 Å². The van der Waals surface area contributed by atoms with Crippen molar-refractivity contribution in [3.05, 3.63) is 0 Å². The molecule has 0 fully saturated rings. The Bertz CT molecular complexity index is 95.6. The molecule has 0 aliphatic heterocycles. The topological polar surface area (TPSA) is 93.0 Å². The first-order valence-electron chi connectivity index (χ1n) is 2.78. The molecule has 0 saturated heterocycles. The fraction of sp³-hybridized carbons (Fsp3) is 0.800. The van der Waals surface area contributed by atoms with E-state index >= 15 is 0 Å². The van der Waals surface area contributed by atoms with Crippen molar-refractivity contribution in [2.24, 2.45) is 5.90 Å². The Labute approximate surface area is 59.4 Å². The second-order valence-electron chi connectivity index (χ2n) is 1.70. The summed E-state index contributed by atoms with van der Waals surface area (Å²) in [7, 11) is 0.